The average Bonchev–Trinajstić information content (AvgIpc) is 2.17. The maximum Gasteiger partial charge on any atom is 0.167 e. The third kappa shape index (κ3) is 7.02. The molecule has 0 aromatic rings. The van der Waals surface area contributed by atoms with Gasteiger partial charge in [0.25, 0.3) is 0 Å². The highest BCUT2D eigenvalue weighted by Crippen LogP contribution is 2.33. The Kier molecular flexibility index (Phi) is 8.86. The van der Waals surface area contributed by atoms with Gasteiger partial charge < -0.3 is 9.05 Å². The Morgan fingerprint density at radius 2 is 2.07 bits per heavy atom. The maximum absolute atomic E-state index is 5.48. The van der Waals surface area contributed by atoms with E-state index in [4.69, 9.17) is 9.05 Å². The zero-order valence-corrected chi connectivity index (χ0v) is 9.93. The van der Waals surface area contributed by atoms with Gasteiger partial charge in [-0.1, -0.05) is 31.4 Å². The standard InChI is InChI=1S/C11H19O2P/c1-5-8-11(6-2)9-10-13-14(4)12-7-3/h5-6,8H,1-2,7,9-10H2,3-4H3/b11-8+. The first kappa shape index (κ1) is 13.6. The second-order valence-corrected chi connectivity index (χ2v) is 4.02. The van der Waals surface area contributed by atoms with E-state index in [-0.39, 0.29) is 0 Å². The Bertz CT molecular complexity index is 199. The molecule has 0 rings (SSSR count). The normalized spacial score (nSPS) is 13.7. The first-order valence-corrected chi connectivity index (χ1v) is 6.30. The third-order valence-electron chi connectivity index (χ3n) is 1.57. The summed E-state index contributed by atoms with van der Waals surface area (Å²) in [6.07, 6.45) is 6.38. The third-order valence-corrected chi connectivity index (χ3v) is 2.74. The van der Waals surface area contributed by atoms with Crippen LogP contribution < -0.4 is 0 Å². The molecule has 0 aromatic heterocycles. The SMILES string of the molecule is C=C/C=C(\C=C)CCOP(C)OCC. The highest BCUT2D eigenvalue weighted by atomic mass is 31.2. The van der Waals surface area contributed by atoms with Crippen LogP contribution in [0.1, 0.15) is 13.3 Å². The molecule has 0 spiro atoms. The van der Waals surface area contributed by atoms with Gasteiger partial charge in [0.2, 0.25) is 0 Å². The monoisotopic (exact) mass is 214 g/mol. The summed E-state index contributed by atoms with van der Waals surface area (Å²) in [6, 6.07) is 0. The van der Waals surface area contributed by atoms with E-state index in [1.165, 1.54) is 0 Å². The molecule has 0 heterocycles. The van der Waals surface area contributed by atoms with Crippen molar-refractivity contribution in [3.8, 4) is 0 Å². The van der Waals surface area contributed by atoms with Crippen molar-refractivity contribution in [3.63, 3.8) is 0 Å². The van der Waals surface area contributed by atoms with E-state index in [2.05, 4.69) is 13.2 Å². The van der Waals surface area contributed by atoms with Crippen molar-refractivity contribution in [1.82, 2.24) is 0 Å². The Balaban J connectivity index is 3.65. The Hall–Kier alpha value is -0.430. The largest absolute Gasteiger partial charge is 0.335 e. The zero-order valence-electron chi connectivity index (χ0n) is 9.03. The molecule has 0 aromatic carbocycles. The minimum atomic E-state index is -0.713. The number of allylic oxidation sites excluding steroid dienone is 3. The van der Waals surface area contributed by atoms with E-state index in [1.807, 2.05) is 25.7 Å². The van der Waals surface area contributed by atoms with Crippen molar-refractivity contribution < 1.29 is 9.05 Å². The molecule has 0 aliphatic carbocycles. The van der Waals surface area contributed by atoms with E-state index in [9.17, 15) is 0 Å². The number of rotatable bonds is 8. The average molecular weight is 214 g/mol. The lowest BCUT2D eigenvalue weighted by molar-refractivity contribution is 0.265. The van der Waals surface area contributed by atoms with E-state index in [0.717, 1.165) is 12.0 Å². The first-order chi connectivity index (χ1) is 6.74. The van der Waals surface area contributed by atoms with E-state index in [0.29, 0.717) is 13.2 Å². The van der Waals surface area contributed by atoms with Crippen molar-refractivity contribution >= 4 is 8.38 Å². The van der Waals surface area contributed by atoms with Crippen LogP contribution >= 0.6 is 8.38 Å². The minimum Gasteiger partial charge on any atom is -0.335 e. The predicted molar refractivity (Wildman–Crippen MR) is 63.5 cm³/mol. The fourth-order valence-electron chi connectivity index (χ4n) is 0.916. The van der Waals surface area contributed by atoms with Gasteiger partial charge in [0.1, 0.15) is 0 Å². The lowest BCUT2D eigenvalue weighted by Crippen LogP contribution is -1.93. The van der Waals surface area contributed by atoms with Crippen molar-refractivity contribution in [2.45, 2.75) is 13.3 Å². The second kappa shape index (κ2) is 9.14. The van der Waals surface area contributed by atoms with Crippen molar-refractivity contribution in [1.29, 1.82) is 0 Å². The maximum atomic E-state index is 5.48. The quantitative estimate of drug-likeness (QED) is 0.453. The molecule has 0 aliphatic rings. The summed E-state index contributed by atoms with van der Waals surface area (Å²) in [6.45, 7) is 12.7. The van der Waals surface area contributed by atoms with E-state index in [1.54, 1.807) is 6.08 Å². The van der Waals surface area contributed by atoms with Gasteiger partial charge in [-0.2, -0.15) is 0 Å². The van der Waals surface area contributed by atoms with Gasteiger partial charge in [0.15, 0.2) is 8.38 Å². The summed E-state index contributed by atoms with van der Waals surface area (Å²) < 4.78 is 10.8. The second-order valence-electron chi connectivity index (χ2n) is 2.62. The molecule has 0 radical (unpaired) electrons. The van der Waals surface area contributed by atoms with Crippen LogP contribution in [0, 0.1) is 0 Å². The van der Waals surface area contributed by atoms with Crippen LogP contribution in [0.25, 0.3) is 0 Å². The van der Waals surface area contributed by atoms with Crippen LogP contribution in [-0.4, -0.2) is 19.9 Å². The molecule has 1 unspecified atom stereocenters. The smallest absolute Gasteiger partial charge is 0.167 e. The molecule has 1 atom stereocenters. The fourth-order valence-corrected chi connectivity index (χ4v) is 1.70. The summed E-state index contributed by atoms with van der Waals surface area (Å²) in [5.41, 5.74) is 1.14. The molecule has 80 valence electrons. The van der Waals surface area contributed by atoms with Crippen LogP contribution in [-0.2, 0) is 9.05 Å². The van der Waals surface area contributed by atoms with Gasteiger partial charge in [0.05, 0.1) is 13.2 Å². The zero-order chi connectivity index (χ0) is 10.8. The Morgan fingerprint density at radius 3 is 2.57 bits per heavy atom. The van der Waals surface area contributed by atoms with Gasteiger partial charge in [-0.25, -0.2) is 0 Å². The van der Waals surface area contributed by atoms with Crippen molar-refractivity contribution in [2.75, 3.05) is 19.9 Å². The molecular weight excluding hydrogens is 195 g/mol. The molecule has 0 N–H and O–H groups in total. The van der Waals surface area contributed by atoms with Crippen LogP contribution in [0.15, 0.2) is 37.0 Å². The fraction of sp³-hybridized carbons (Fsp3) is 0.455. The Labute approximate surface area is 88.2 Å². The van der Waals surface area contributed by atoms with Crippen LogP contribution in [0.3, 0.4) is 0 Å². The predicted octanol–water partition coefficient (Wildman–Crippen LogP) is 3.67. The van der Waals surface area contributed by atoms with Crippen molar-refractivity contribution in [3.05, 3.63) is 37.0 Å². The summed E-state index contributed by atoms with van der Waals surface area (Å²) in [5, 5.41) is 0. The summed E-state index contributed by atoms with van der Waals surface area (Å²) >= 11 is 0. The molecule has 3 heteroatoms. The molecule has 14 heavy (non-hydrogen) atoms. The highest BCUT2D eigenvalue weighted by Gasteiger charge is 2.00. The van der Waals surface area contributed by atoms with Gasteiger partial charge in [-0.3, -0.25) is 0 Å². The van der Waals surface area contributed by atoms with E-state index < -0.39 is 8.38 Å². The first-order valence-electron chi connectivity index (χ1n) is 4.68. The molecule has 0 amide bonds. The van der Waals surface area contributed by atoms with Crippen molar-refractivity contribution in [2.24, 2.45) is 0 Å². The highest BCUT2D eigenvalue weighted by molar-refractivity contribution is 7.46. The van der Waals surface area contributed by atoms with Gasteiger partial charge in [0, 0.05) is 6.66 Å². The lowest BCUT2D eigenvalue weighted by atomic mass is 10.2. The Morgan fingerprint density at radius 1 is 1.36 bits per heavy atom. The number of hydrogen-bond acceptors (Lipinski definition) is 2. The van der Waals surface area contributed by atoms with Gasteiger partial charge in [-0.15, -0.1) is 0 Å². The minimum absolute atomic E-state index is 0.675. The van der Waals surface area contributed by atoms with Crippen LogP contribution in [0.5, 0.6) is 0 Å². The van der Waals surface area contributed by atoms with Crippen LogP contribution in [0.4, 0.5) is 0 Å². The number of hydrogen-bond donors (Lipinski definition) is 0. The van der Waals surface area contributed by atoms with E-state index >= 15 is 0 Å². The molecule has 0 saturated carbocycles. The lowest BCUT2D eigenvalue weighted by Gasteiger charge is -2.11. The molecular formula is C11H19O2P. The molecule has 0 fully saturated rings. The van der Waals surface area contributed by atoms with Gasteiger partial charge in [-0.05, 0) is 18.9 Å². The molecule has 0 aliphatic heterocycles. The summed E-state index contributed by atoms with van der Waals surface area (Å²) in [4.78, 5) is 0. The van der Waals surface area contributed by atoms with Crippen LogP contribution in [0.2, 0.25) is 0 Å². The molecule has 2 nitrogen and oxygen atoms in total. The summed E-state index contributed by atoms with van der Waals surface area (Å²) in [7, 11) is -0.713. The molecule has 0 bridgehead atoms. The molecule has 0 saturated heterocycles. The summed E-state index contributed by atoms with van der Waals surface area (Å²) in [5.74, 6) is 0. The van der Waals surface area contributed by atoms with Gasteiger partial charge >= 0.3 is 0 Å². The topological polar surface area (TPSA) is 18.5 Å².